The van der Waals surface area contributed by atoms with Gasteiger partial charge in [-0.2, -0.15) is 0 Å². The van der Waals surface area contributed by atoms with Crippen LogP contribution < -0.4 is 10.1 Å². The molecule has 4 atom stereocenters. The molecule has 2 fully saturated rings. The normalized spacial score (nSPS) is 27.5. The highest BCUT2D eigenvalue weighted by molar-refractivity contribution is 5.96. The van der Waals surface area contributed by atoms with Gasteiger partial charge in [-0.25, -0.2) is 0 Å². The van der Waals surface area contributed by atoms with Crippen LogP contribution in [-0.2, 0) is 9.53 Å². The van der Waals surface area contributed by atoms with Crippen LogP contribution in [0, 0.1) is 11.8 Å². The van der Waals surface area contributed by atoms with Gasteiger partial charge < -0.3 is 19.9 Å². The van der Waals surface area contributed by atoms with Crippen molar-refractivity contribution in [1.82, 2.24) is 4.90 Å². The highest BCUT2D eigenvalue weighted by Crippen LogP contribution is 2.54. The first kappa shape index (κ1) is 22.9. The van der Waals surface area contributed by atoms with E-state index >= 15 is 0 Å². The van der Waals surface area contributed by atoms with Crippen LogP contribution in [0.3, 0.4) is 0 Å². The van der Waals surface area contributed by atoms with Crippen LogP contribution >= 0.6 is 0 Å². The Labute approximate surface area is 200 Å². The lowest BCUT2D eigenvalue weighted by Gasteiger charge is -2.53. The molecule has 3 aliphatic heterocycles. The van der Waals surface area contributed by atoms with Gasteiger partial charge in [-0.3, -0.25) is 14.5 Å². The van der Waals surface area contributed by atoms with Crippen LogP contribution in [0.2, 0.25) is 0 Å². The summed E-state index contributed by atoms with van der Waals surface area (Å²) in [4.78, 5) is 26.3. The van der Waals surface area contributed by atoms with Gasteiger partial charge in [0.2, 0.25) is 5.91 Å². The lowest BCUT2D eigenvalue weighted by atomic mass is 9.70. The Hall–Kier alpha value is -2.90. The second-order valence-electron chi connectivity index (χ2n) is 10.3. The molecule has 7 nitrogen and oxygen atoms in total. The average Bonchev–Trinajstić information content (AvgIpc) is 2.79. The summed E-state index contributed by atoms with van der Waals surface area (Å²) in [6.07, 6.45) is 1.84. The number of ether oxygens (including phenoxy) is 2. The molecule has 7 heteroatoms. The number of carbonyl (C=O) groups is 2. The summed E-state index contributed by atoms with van der Waals surface area (Å²) in [6.45, 7) is 7.57. The van der Waals surface area contributed by atoms with E-state index in [9.17, 15) is 14.7 Å². The molecule has 0 aromatic heterocycles. The first-order valence-corrected chi connectivity index (χ1v) is 12.0. The molecule has 1 amide bonds. The van der Waals surface area contributed by atoms with Crippen molar-refractivity contribution in [2.45, 2.75) is 51.4 Å². The molecule has 3 heterocycles. The van der Waals surface area contributed by atoms with Crippen LogP contribution in [0.1, 0.15) is 55.6 Å². The summed E-state index contributed by atoms with van der Waals surface area (Å²) in [7, 11) is 0. The summed E-state index contributed by atoms with van der Waals surface area (Å²) >= 11 is 0. The first-order valence-electron chi connectivity index (χ1n) is 12.0. The van der Waals surface area contributed by atoms with Gasteiger partial charge in [-0.05, 0) is 69.9 Å². The lowest BCUT2D eigenvalue weighted by Crippen LogP contribution is -2.55. The average molecular weight is 465 g/mol. The summed E-state index contributed by atoms with van der Waals surface area (Å²) < 4.78 is 12.9. The summed E-state index contributed by atoms with van der Waals surface area (Å²) in [6, 6.07) is 12.5. The Kier molecular flexibility index (Phi) is 5.86. The van der Waals surface area contributed by atoms with Gasteiger partial charge in [-0.15, -0.1) is 0 Å². The fourth-order valence-electron chi connectivity index (χ4n) is 5.71. The quantitative estimate of drug-likeness (QED) is 0.661. The fraction of sp³-hybridized carbons (Fsp3) is 0.481. The number of piperidine rings is 1. The third-order valence-electron chi connectivity index (χ3n) is 7.52. The third-order valence-corrected chi connectivity index (χ3v) is 7.52. The highest BCUT2D eigenvalue weighted by Gasteiger charge is 2.51. The smallest absolute Gasteiger partial charge is 0.238 e. The molecule has 0 radical (unpaired) electrons. The van der Waals surface area contributed by atoms with Crippen molar-refractivity contribution in [3.8, 4) is 11.5 Å². The Morgan fingerprint density at radius 3 is 2.68 bits per heavy atom. The lowest BCUT2D eigenvalue weighted by molar-refractivity contribution is -0.187. The zero-order valence-electron chi connectivity index (χ0n) is 19.9. The minimum absolute atomic E-state index is 0.00419. The number of likely N-dealkylation sites (tertiary alicyclic amines) is 1. The second-order valence-corrected chi connectivity index (χ2v) is 10.3. The van der Waals surface area contributed by atoms with E-state index in [0.717, 1.165) is 31.5 Å². The summed E-state index contributed by atoms with van der Waals surface area (Å²) in [5.41, 5.74) is 1.79. The predicted molar refractivity (Wildman–Crippen MR) is 128 cm³/mol. The minimum atomic E-state index is -0.465. The Bertz CT molecular complexity index is 1100. The monoisotopic (exact) mass is 464 g/mol. The number of hydrogen-bond acceptors (Lipinski definition) is 6. The van der Waals surface area contributed by atoms with E-state index in [-0.39, 0.29) is 35.6 Å². The number of hydrogen-bond donors (Lipinski definition) is 2. The number of aromatic hydroxyl groups is 1. The maximum atomic E-state index is 12.7. The molecular weight excluding hydrogens is 432 g/mol. The van der Waals surface area contributed by atoms with Gasteiger partial charge >= 0.3 is 0 Å². The van der Waals surface area contributed by atoms with Gasteiger partial charge in [0.15, 0.2) is 17.3 Å². The van der Waals surface area contributed by atoms with Crippen molar-refractivity contribution in [3.63, 3.8) is 0 Å². The van der Waals surface area contributed by atoms with Crippen molar-refractivity contribution in [3.05, 3.63) is 53.6 Å². The number of phenols is 1. The summed E-state index contributed by atoms with van der Waals surface area (Å²) in [5, 5.41) is 13.3. The van der Waals surface area contributed by atoms with Crippen molar-refractivity contribution in [1.29, 1.82) is 0 Å². The maximum absolute atomic E-state index is 12.7. The van der Waals surface area contributed by atoms with E-state index in [4.69, 9.17) is 9.47 Å². The number of fused-ring (bicyclic) bond motifs is 4. The molecule has 34 heavy (non-hydrogen) atoms. The molecule has 2 N–H and O–H groups in total. The Balaban J connectivity index is 1.23. The predicted octanol–water partition coefficient (Wildman–Crippen LogP) is 4.17. The van der Waals surface area contributed by atoms with Gasteiger partial charge in [0.25, 0.3) is 0 Å². The fourth-order valence-corrected chi connectivity index (χ4v) is 5.71. The molecule has 0 unspecified atom stereocenters. The molecular formula is C27H32N2O5. The molecule has 3 aliphatic rings. The van der Waals surface area contributed by atoms with Crippen molar-refractivity contribution in [2.24, 2.45) is 11.8 Å². The van der Waals surface area contributed by atoms with E-state index in [1.165, 1.54) is 6.92 Å². The number of rotatable bonds is 4. The number of benzene rings is 2. The van der Waals surface area contributed by atoms with Gasteiger partial charge in [0.05, 0.1) is 18.8 Å². The molecule has 2 aromatic rings. The molecule has 0 saturated carbocycles. The van der Waals surface area contributed by atoms with E-state index in [1.54, 1.807) is 30.3 Å². The largest absolute Gasteiger partial charge is 0.504 e. The van der Waals surface area contributed by atoms with Gasteiger partial charge in [-0.1, -0.05) is 12.1 Å². The first-order chi connectivity index (χ1) is 16.2. The van der Waals surface area contributed by atoms with E-state index in [2.05, 4.69) is 24.1 Å². The standard InChI is InChI=1S/C27H32N2O5/c1-16(30)17-7-9-19(10-8-17)28-24(32)15-29-12-11-23-18(14-29)13-21-25(33-23)20-5-4-6-22(31)26(20)34-27(21,2)3/h4-10,18,21,23,25,31H,11-15H2,1-3H3,(H,28,32)/t18-,21+,23+,25-/m1/s1. The number of nitrogens with one attached hydrogen (secondary N) is 1. The number of ketones is 1. The van der Waals surface area contributed by atoms with E-state index in [1.807, 2.05) is 12.1 Å². The molecule has 2 saturated heterocycles. The minimum Gasteiger partial charge on any atom is -0.504 e. The number of phenolic OH excluding ortho intramolecular Hbond substituents is 1. The van der Waals surface area contributed by atoms with Crippen molar-refractivity contribution < 1.29 is 24.2 Å². The van der Waals surface area contributed by atoms with Crippen LogP contribution in [0.5, 0.6) is 11.5 Å². The van der Waals surface area contributed by atoms with Crippen LogP contribution in [0.15, 0.2) is 42.5 Å². The molecule has 2 aromatic carbocycles. The SMILES string of the molecule is CC(=O)c1ccc(NC(=O)CN2CC[C@@H]3O[C@@H]4c5cccc(O)c5OC(C)(C)[C@H]4C[C@@H]3C2)cc1. The van der Waals surface area contributed by atoms with Crippen LogP contribution in [0.25, 0.3) is 0 Å². The molecule has 0 spiro atoms. The maximum Gasteiger partial charge on any atom is 0.238 e. The molecule has 0 bridgehead atoms. The molecule has 180 valence electrons. The number of para-hydroxylation sites is 1. The number of amides is 1. The van der Waals surface area contributed by atoms with Crippen LogP contribution in [-0.4, -0.2) is 53.0 Å². The number of nitrogens with zero attached hydrogens (tertiary/aromatic N) is 1. The number of carbonyl (C=O) groups excluding carboxylic acids is 2. The molecule has 0 aliphatic carbocycles. The van der Waals surface area contributed by atoms with Gasteiger partial charge in [0, 0.05) is 35.8 Å². The zero-order valence-corrected chi connectivity index (χ0v) is 19.9. The van der Waals surface area contributed by atoms with Crippen molar-refractivity contribution >= 4 is 17.4 Å². The second kappa shape index (κ2) is 8.71. The number of anilines is 1. The topological polar surface area (TPSA) is 88.1 Å². The van der Waals surface area contributed by atoms with Gasteiger partial charge in [0.1, 0.15) is 5.60 Å². The van der Waals surface area contributed by atoms with E-state index < -0.39 is 5.60 Å². The number of Topliss-reactive ketones (excluding diaryl/α,β-unsaturated/α-hetero) is 1. The summed E-state index contributed by atoms with van der Waals surface area (Å²) in [5.74, 6) is 1.12. The Morgan fingerprint density at radius 1 is 1.18 bits per heavy atom. The third kappa shape index (κ3) is 4.30. The van der Waals surface area contributed by atoms with E-state index in [0.29, 0.717) is 29.5 Å². The molecule has 5 rings (SSSR count). The van der Waals surface area contributed by atoms with Crippen LogP contribution in [0.4, 0.5) is 5.69 Å². The van der Waals surface area contributed by atoms with Crippen molar-refractivity contribution in [2.75, 3.05) is 25.0 Å². The Morgan fingerprint density at radius 2 is 1.94 bits per heavy atom. The highest BCUT2D eigenvalue weighted by atomic mass is 16.5. The zero-order chi connectivity index (χ0) is 24.0.